The number of nitrogens with one attached hydrogen (secondary N) is 1. The number of ether oxygens (including phenoxy) is 3. The molecule has 1 N–H and O–H groups in total. The Bertz CT molecular complexity index is 390. The maximum atomic E-state index is 12.2. The third kappa shape index (κ3) is 9.30. The minimum atomic E-state index is -0.0445. The van der Waals surface area contributed by atoms with Crippen LogP contribution in [0.1, 0.15) is 33.1 Å². The molecule has 146 valence electrons. The molecule has 1 saturated heterocycles. The van der Waals surface area contributed by atoms with Crippen molar-refractivity contribution in [1.29, 1.82) is 0 Å². The number of carbonyl (C=O) groups is 2. The van der Waals surface area contributed by atoms with Crippen LogP contribution in [0.3, 0.4) is 0 Å². The fourth-order valence-electron chi connectivity index (χ4n) is 2.75. The van der Waals surface area contributed by atoms with Crippen LogP contribution >= 0.6 is 0 Å². The van der Waals surface area contributed by atoms with E-state index in [1.807, 2.05) is 13.8 Å². The first-order valence-electron chi connectivity index (χ1n) is 9.25. The average molecular weight is 358 g/mol. The van der Waals surface area contributed by atoms with E-state index in [9.17, 15) is 9.59 Å². The van der Waals surface area contributed by atoms with Crippen molar-refractivity contribution >= 4 is 11.7 Å². The van der Waals surface area contributed by atoms with Crippen molar-refractivity contribution in [3.8, 4) is 0 Å². The van der Waals surface area contributed by atoms with E-state index in [1.54, 1.807) is 7.11 Å². The van der Waals surface area contributed by atoms with Gasteiger partial charge in [0.2, 0.25) is 5.91 Å². The van der Waals surface area contributed by atoms with Crippen molar-refractivity contribution in [3.63, 3.8) is 0 Å². The van der Waals surface area contributed by atoms with Gasteiger partial charge in [0.05, 0.1) is 39.1 Å². The van der Waals surface area contributed by atoms with Crippen LogP contribution < -0.4 is 5.32 Å². The largest absolute Gasteiger partial charge is 0.383 e. The molecule has 0 unspecified atom stereocenters. The average Bonchev–Trinajstić information content (AvgIpc) is 3.06. The predicted molar refractivity (Wildman–Crippen MR) is 95.6 cm³/mol. The molecule has 1 atom stereocenters. The van der Waals surface area contributed by atoms with Gasteiger partial charge in [0, 0.05) is 32.5 Å². The summed E-state index contributed by atoms with van der Waals surface area (Å²) in [5, 5.41) is 2.93. The van der Waals surface area contributed by atoms with Gasteiger partial charge in [-0.15, -0.1) is 0 Å². The van der Waals surface area contributed by atoms with Crippen LogP contribution in [-0.2, 0) is 23.8 Å². The zero-order valence-corrected chi connectivity index (χ0v) is 15.9. The number of hydrogen-bond acceptors (Lipinski definition) is 6. The number of nitrogens with zero attached hydrogens (tertiary/aromatic N) is 1. The number of carbonyl (C=O) groups excluding carboxylic acids is 2. The summed E-state index contributed by atoms with van der Waals surface area (Å²) < 4.78 is 15.9. The van der Waals surface area contributed by atoms with Crippen LogP contribution in [0.15, 0.2) is 0 Å². The van der Waals surface area contributed by atoms with Crippen molar-refractivity contribution in [1.82, 2.24) is 10.2 Å². The Kier molecular flexibility index (Phi) is 11.6. The van der Waals surface area contributed by atoms with Crippen LogP contribution in [-0.4, -0.2) is 82.4 Å². The molecule has 1 fully saturated rings. The van der Waals surface area contributed by atoms with E-state index in [1.165, 1.54) is 0 Å². The third-order valence-corrected chi connectivity index (χ3v) is 4.30. The molecule has 0 radical (unpaired) electrons. The summed E-state index contributed by atoms with van der Waals surface area (Å²) in [5.41, 5.74) is 0. The van der Waals surface area contributed by atoms with Crippen LogP contribution in [0.2, 0.25) is 0 Å². The standard InChI is InChI=1S/C18H34N2O5/c1-15(2)17(21)6-10-24-13-14-25-11-7-19-18(22)16-5-4-8-20(16)9-12-23-3/h15-16H,4-14H2,1-3H3,(H,19,22)/t16-/m0/s1. The van der Waals surface area contributed by atoms with E-state index >= 15 is 0 Å². The molecule has 0 aliphatic carbocycles. The number of hydrogen-bond donors (Lipinski definition) is 1. The lowest BCUT2D eigenvalue weighted by atomic mass is 10.1. The Labute approximate surface area is 151 Å². The number of likely N-dealkylation sites (tertiary alicyclic amines) is 1. The Morgan fingerprint density at radius 3 is 2.52 bits per heavy atom. The second-order valence-electron chi connectivity index (χ2n) is 6.57. The molecule has 0 spiro atoms. The van der Waals surface area contributed by atoms with Gasteiger partial charge in [-0.2, -0.15) is 0 Å². The molecule has 1 rings (SSSR count). The summed E-state index contributed by atoms with van der Waals surface area (Å²) in [6.07, 6.45) is 2.41. The number of methoxy groups -OCH3 is 1. The summed E-state index contributed by atoms with van der Waals surface area (Å²) >= 11 is 0. The summed E-state index contributed by atoms with van der Waals surface area (Å²) in [7, 11) is 1.67. The molecule has 1 heterocycles. The van der Waals surface area contributed by atoms with Crippen molar-refractivity contribution < 1.29 is 23.8 Å². The third-order valence-electron chi connectivity index (χ3n) is 4.30. The van der Waals surface area contributed by atoms with E-state index in [2.05, 4.69) is 10.2 Å². The quantitative estimate of drug-likeness (QED) is 0.464. The Morgan fingerprint density at radius 2 is 1.84 bits per heavy atom. The lowest BCUT2D eigenvalue weighted by molar-refractivity contribution is -0.126. The van der Waals surface area contributed by atoms with Gasteiger partial charge >= 0.3 is 0 Å². The zero-order valence-electron chi connectivity index (χ0n) is 15.9. The number of Topliss-reactive ketones (excluding diaryl/α,β-unsaturated/α-hetero) is 1. The van der Waals surface area contributed by atoms with Crippen molar-refractivity contribution in [2.24, 2.45) is 5.92 Å². The van der Waals surface area contributed by atoms with Crippen LogP contribution in [0.4, 0.5) is 0 Å². The summed E-state index contributed by atoms with van der Waals surface area (Å²) in [6, 6.07) is -0.0445. The molecular formula is C18H34N2O5. The molecule has 0 saturated carbocycles. The highest BCUT2D eigenvalue weighted by Crippen LogP contribution is 2.16. The van der Waals surface area contributed by atoms with Crippen molar-refractivity contribution in [2.45, 2.75) is 39.2 Å². The molecule has 25 heavy (non-hydrogen) atoms. The van der Waals surface area contributed by atoms with Gasteiger partial charge in [-0.25, -0.2) is 0 Å². The van der Waals surface area contributed by atoms with E-state index in [-0.39, 0.29) is 23.7 Å². The van der Waals surface area contributed by atoms with Gasteiger partial charge < -0.3 is 19.5 Å². The summed E-state index contributed by atoms with van der Waals surface area (Å²) in [5.74, 6) is 0.351. The molecule has 0 bridgehead atoms. The van der Waals surface area contributed by atoms with Gasteiger partial charge in [0.25, 0.3) is 0 Å². The van der Waals surface area contributed by atoms with Gasteiger partial charge in [-0.1, -0.05) is 13.8 Å². The number of ketones is 1. The van der Waals surface area contributed by atoms with Gasteiger partial charge in [-0.3, -0.25) is 14.5 Å². The van der Waals surface area contributed by atoms with Gasteiger partial charge in [0.15, 0.2) is 0 Å². The fourth-order valence-corrected chi connectivity index (χ4v) is 2.75. The zero-order chi connectivity index (χ0) is 18.5. The molecule has 0 aromatic carbocycles. The monoisotopic (exact) mass is 358 g/mol. The van der Waals surface area contributed by atoms with Crippen LogP contribution in [0.5, 0.6) is 0 Å². The second-order valence-corrected chi connectivity index (χ2v) is 6.57. The lowest BCUT2D eigenvalue weighted by Crippen LogP contribution is -2.45. The Morgan fingerprint density at radius 1 is 1.12 bits per heavy atom. The maximum Gasteiger partial charge on any atom is 0.237 e. The van der Waals surface area contributed by atoms with Gasteiger partial charge in [0.1, 0.15) is 5.78 Å². The molecule has 7 nitrogen and oxygen atoms in total. The normalized spacial score (nSPS) is 18.0. The summed E-state index contributed by atoms with van der Waals surface area (Å²) in [4.78, 5) is 25.8. The molecule has 1 aliphatic heterocycles. The first-order chi connectivity index (χ1) is 12.1. The Hall–Kier alpha value is -1.02. The number of amides is 1. The second kappa shape index (κ2) is 13.2. The van der Waals surface area contributed by atoms with E-state index in [4.69, 9.17) is 14.2 Å². The molecular weight excluding hydrogens is 324 g/mol. The highest BCUT2D eigenvalue weighted by atomic mass is 16.5. The SMILES string of the molecule is COCCN1CCC[C@H]1C(=O)NCCOCCOCCC(=O)C(C)C. The molecule has 7 heteroatoms. The first-order valence-corrected chi connectivity index (χ1v) is 9.25. The minimum Gasteiger partial charge on any atom is -0.383 e. The van der Waals surface area contributed by atoms with Crippen LogP contribution in [0.25, 0.3) is 0 Å². The molecule has 0 aromatic heterocycles. The Balaban J connectivity index is 1.98. The first kappa shape index (κ1) is 22.0. The molecule has 1 amide bonds. The van der Waals surface area contributed by atoms with E-state index in [0.717, 1.165) is 25.9 Å². The predicted octanol–water partition coefficient (Wildman–Crippen LogP) is 0.862. The van der Waals surface area contributed by atoms with E-state index in [0.29, 0.717) is 46.0 Å². The fraction of sp³-hybridized carbons (Fsp3) is 0.889. The van der Waals surface area contributed by atoms with Gasteiger partial charge in [-0.05, 0) is 19.4 Å². The summed E-state index contributed by atoms with van der Waals surface area (Å²) in [6.45, 7) is 8.51. The highest BCUT2D eigenvalue weighted by molar-refractivity contribution is 5.82. The molecule has 0 aromatic rings. The van der Waals surface area contributed by atoms with E-state index < -0.39 is 0 Å². The molecule has 1 aliphatic rings. The van der Waals surface area contributed by atoms with Crippen molar-refractivity contribution in [2.75, 3.05) is 59.8 Å². The highest BCUT2D eigenvalue weighted by Gasteiger charge is 2.29. The smallest absolute Gasteiger partial charge is 0.237 e. The topological polar surface area (TPSA) is 77.1 Å². The van der Waals surface area contributed by atoms with Crippen LogP contribution in [0, 0.1) is 5.92 Å². The minimum absolute atomic E-state index is 0.0445. The number of rotatable bonds is 14. The maximum absolute atomic E-state index is 12.2. The lowest BCUT2D eigenvalue weighted by Gasteiger charge is -2.23. The van der Waals surface area contributed by atoms with Crippen molar-refractivity contribution in [3.05, 3.63) is 0 Å².